The van der Waals surface area contributed by atoms with Crippen molar-refractivity contribution in [2.75, 3.05) is 5.32 Å². The van der Waals surface area contributed by atoms with Crippen LogP contribution in [-0.2, 0) is 4.79 Å². The van der Waals surface area contributed by atoms with Gasteiger partial charge in [-0.15, -0.1) is 0 Å². The van der Waals surface area contributed by atoms with Gasteiger partial charge in [-0.1, -0.05) is 6.07 Å². The highest BCUT2D eigenvalue weighted by Gasteiger charge is 2.18. The minimum atomic E-state index is -0.406. The Morgan fingerprint density at radius 1 is 1.35 bits per heavy atom. The van der Waals surface area contributed by atoms with Crippen LogP contribution in [-0.4, -0.2) is 17.5 Å². The van der Waals surface area contributed by atoms with Crippen LogP contribution >= 0.6 is 0 Å². The molecule has 0 aliphatic heterocycles. The Balaban J connectivity index is 2.60. The summed E-state index contributed by atoms with van der Waals surface area (Å²) in [7, 11) is 0. The Hall–Kier alpha value is -1.58. The largest absolute Gasteiger partial charge is 0.374 e. The molecule has 0 heterocycles. The van der Waals surface area contributed by atoms with E-state index in [1.54, 1.807) is 19.1 Å². The van der Waals surface area contributed by atoms with E-state index in [1.165, 1.54) is 12.1 Å². The van der Waals surface area contributed by atoms with Crippen LogP contribution in [0.5, 0.6) is 0 Å². The molecule has 0 aliphatic rings. The van der Waals surface area contributed by atoms with Gasteiger partial charge in [0.2, 0.25) is 5.91 Å². The number of carbonyl (C=O) groups is 1. The number of carbonyl (C=O) groups excluding carboxylic acids is 1. The first-order valence-electron chi connectivity index (χ1n) is 5.62. The third-order valence-electron chi connectivity index (χ3n) is 2.10. The Kier molecular flexibility index (Phi) is 4.10. The Bertz CT molecular complexity index is 399. The van der Waals surface area contributed by atoms with Crippen molar-refractivity contribution in [2.45, 2.75) is 39.3 Å². The topological polar surface area (TPSA) is 41.1 Å². The van der Waals surface area contributed by atoms with Crippen molar-refractivity contribution in [3.8, 4) is 0 Å². The Morgan fingerprint density at radius 2 is 2.00 bits per heavy atom. The zero-order valence-electron chi connectivity index (χ0n) is 10.7. The summed E-state index contributed by atoms with van der Waals surface area (Å²) in [6, 6.07) is 5.65. The molecule has 1 amide bonds. The third-order valence-corrected chi connectivity index (χ3v) is 2.10. The van der Waals surface area contributed by atoms with Gasteiger partial charge in [0.25, 0.3) is 0 Å². The van der Waals surface area contributed by atoms with Crippen LogP contribution in [0.1, 0.15) is 27.7 Å². The van der Waals surface area contributed by atoms with Gasteiger partial charge in [0, 0.05) is 11.2 Å². The average molecular weight is 238 g/mol. The van der Waals surface area contributed by atoms with Crippen LogP contribution < -0.4 is 10.6 Å². The standard InChI is InChI=1S/C13H19FN2O/c1-9(12(17)16-13(2,3)4)15-11-7-5-6-10(14)8-11/h5-9,15H,1-4H3,(H,16,17). The van der Waals surface area contributed by atoms with Gasteiger partial charge in [-0.3, -0.25) is 4.79 Å². The van der Waals surface area contributed by atoms with Gasteiger partial charge < -0.3 is 10.6 Å². The predicted molar refractivity (Wildman–Crippen MR) is 67.4 cm³/mol. The summed E-state index contributed by atoms with van der Waals surface area (Å²) in [5.74, 6) is -0.430. The molecule has 0 bridgehead atoms. The maximum Gasteiger partial charge on any atom is 0.242 e. The number of amides is 1. The molecule has 4 heteroatoms. The highest BCUT2D eigenvalue weighted by Crippen LogP contribution is 2.11. The van der Waals surface area contributed by atoms with Crippen LogP contribution in [0.25, 0.3) is 0 Å². The number of nitrogens with one attached hydrogen (secondary N) is 2. The van der Waals surface area contributed by atoms with E-state index in [9.17, 15) is 9.18 Å². The van der Waals surface area contributed by atoms with Crippen molar-refractivity contribution in [1.29, 1.82) is 0 Å². The zero-order chi connectivity index (χ0) is 13.1. The Labute approximate surface area is 101 Å². The fraction of sp³-hybridized carbons (Fsp3) is 0.462. The van der Waals surface area contributed by atoms with Crippen LogP contribution in [0, 0.1) is 5.82 Å². The van der Waals surface area contributed by atoms with Crippen molar-refractivity contribution in [3.63, 3.8) is 0 Å². The lowest BCUT2D eigenvalue weighted by atomic mass is 10.1. The third kappa shape index (κ3) is 4.85. The molecule has 0 radical (unpaired) electrons. The minimum absolute atomic E-state index is 0.109. The number of anilines is 1. The fourth-order valence-electron chi connectivity index (χ4n) is 1.37. The van der Waals surface area contributed by atoms with Crippen LogP contribution in [0.3, 0.4) is 0 Å². The smallest absolute Gasteiger partial charge is 0.242 e. The first-order valence-corrected chi connectivity index (χ1v) is 5.62. The lowest BCUT2D eigenvalue weighted by Crippen LogP contribution is -2.47. The second-order valence-corrected chi connectivity index (χ2v) is 5.12. The number of hydrogen-bond acceptors (Lipinski definition) is 2. The molecule has 0 spiro atoms. The van der Waals surface area contributed by atoms with Gasteiger partial charge in [-0.05, 0) is 45.9 Å². The number of rotatable bonds is 3. The lowest BCUT2D eigenvalue weighted by Gasteiger charge is -2.24. The van der Waals surface area contributed by atoms with E-state index in [0.29, 0.717) is 5.69 Å². The summed E-state index contributed by atoms with van der Waals surface area (Å²) in [5, 5.41) is 5.81. The molecule has 1 aromatic rings. The van der Waals surface area contributed by atoms with Crippen molar-refractivity contribution in [2.24, 2.45) is 0 Å². The lowest BCUT2D eigenvalue weighted by molar-refractivity contribution is -0.122. The molecule has 3 nitrogen and oxygen atoms in total. The maximum absolute atomic E-state index is 12.9. The second-order valence-electron chi connectivity index (χ2n) is 5.12. The van der Waals surface area contributed by atoms with Gasteiger partial charge in [0.15, 0.2) is 0 Å². The van der Waals surface area contributed by atoms with Crippen molar-refractivity contribution in [3.05, 3.63) is 30.1 Å². The fourth-order valence-corrected chi connectivity index (χ4v) is 1.37. The molecule has 17 heavy (non-hydrogen) atoms. The molecular weight excluding hydrogens is 219 g/mol. The molecule has 1 unspecified atom stereocenters. The van der Waals surface area contributed by atoms with Crippen molar-refractivity contribution >= 4 is 11.6 Å². The molecule has 0 saturated heterocycles. The van der Waals surface area contributed by atoms with Gasteiger partial charge in [0.1, 0.15) is 11.9 Å². The van der Waals surface area contributed by atoms with Crippen LogP contribution in [0.2, 0.25) is 0 Å². The first kappa shape index (κ1) is 13.5. The van der Waals surface area contributed by atoms with Crippen molar-refractivity contribution < 1.29 is 9.18 Å². The van der Waals surface area contributed by atoms with E-state index in [1.807, 2.05) is 20.8 Å². The molecular formula is C13H19FN2O. The summed E-state index contributed by atoms with van der Waals surface area (Å²) >= 11 is 0. The van der Waals surface area contributed by atoms with E-state index in [0.717, 1.165) is 0 Å². The van der Waals surface area contributed by atoms with Gasteiger partial charge in [-0.2, -0.15) is 0 Å². The van der Waals surface area contributed by atoms with Gasteiger partial charge >= 0.3 is 0 Å². The summed E-state index contributed by atoms with van der Waals surface area (Å²) in [4.78, 5) is 11.8. The van der Waals surface area contributed by atoms with Crippen LogP contribution in [0.15, 0.2) is 24.3 Å². The first-order chi connectivity index (χ1) is 7.78. The number of halogens is 1. The van der Waals surface area contributed by atoms with E-state index in [-0.39, 0.29) is 17.3 Å². The molecule has 0 aliphatic carbocycles. The minimum Gasteiger partial charge on any atom is -0.374 e. The normalized spacial score (nSPS) is 13.0. The van der Waals surface area contributed by atoms with E-state index >= 15 is 0 Å². The number of benzene rings is 1. The van der Waals surface area contributed by atoms with Crippen LogP contribution in [0.4, 0.5) is 10.1 Å². The summed E-state index contributed by atoms with van der Waals surface area (Å²) in [6.07, 6.45) is 0. The molecule has 0 fully saturated rings. The molecule has 0 saturated carbocycles. The monoisotopic (exact) mass is 238 g/mol. The van der Waals surface area contributed by atoms with E-state index in [4.69, 9.17) is 0 Å². The molecule has 1 aromatic carbocycles. The van der Waals surface area contributed by atoms with Gasteiger partial charge in [0.05, 0.1) is 0 Å². The summed E-state index contributed by atoms with van der Waals surface area (Å²) < 4.78 is 12.9. The molecule has 94 valence electrons. The number of hydrogen-bond donors (Lipinski definition) is 2. The Morgan fingerprint density at radius 3 is 2.53 bits per heavy atom. The SMILES string of the molecule is CC(Nc1cccc(F)c1)C(=O)NC(C)(C)C. The van der Waals surface area contributed by atoms with Crippen molar-refractivity contribution in [1.82, 2.24) is 5.32 Å². The summed E-state index contributed by atoms with van der Waals surface area (Å²) in [6.45, 7) is 7.49. The quantitative estimate of drug-likeness (QED) is 0.849. The predicted octanol–water partition coefficient (Wildman–Crippen LogP) is 2.54. The van der Waals surface area contributed by atoms with E-state index in [2.05, 4.69) is 10.6 Å². The summed E-state index contributed by atoms with van der Waals surface area (Å²) in [5.41, 5.74) is 0.330. The van der Waals surface area contributed by atoms with E-state index < -0.39 is 6.04 Å². The highest BCUT2D eigenvalue weighted by atomic mass is 19.1. The second kappa shape index (κ2) is 5.17. The average Bonchev–Trinajstić information content (AvgIpc) is 2.14. The maximum atomic E-state index is 12.9. The molecule has 2 N–H and O–H groups in total. The highest BCUT2D eigenvalue weighted by molar-refractivity contribution is 5.84. The van der Waals surface area contributed by atoms with Gasteiger partial charge in [-0.25, -0.2) is 4.39 Å². The molecule has 0 aromatic heterocycles. The molecule has 1 rings (SSSR count). The zero-order valence-corrected chi connectivity index (χ0v) is 10.7. The molecule has 1 atom stereocenters.